The molecule has 5 heteroatoms. The van der Waals surface area contributed by atoms with Crippen LogP contribution in [-0.4, -0.2) is 20.2 Å². The van der Waals surface area contributed by atoms with E-state index in [1.807, 2.05) is 67.6 Å². The Bertz CT molecular complexity index is 1300. The van der Waals surface area contributed by atoms with Crippen LogP contribution in [0.5, 0.6) is 0 Å². The zero-order chi connectivity index (χ0) is 20.3. The molecule has 0 aliphatic rings. The quantitative estimate of drug-likeness (QED) is 0.386. The fourth-order valence-corrected chi connectivity index (χ4v) is 3.37. The van der Waals surface area contributed by atoms with Crippen LogP contribution in [0.1, 0.15) is 5.69 Å². The third-order valence-electron chi connectivity index (χ3n) is 4.89. The van der Waals surface area contributed by atoms with Gasteiger partial charge in [-0.1, -0.05) is 72.8 Å². The standard InChI is InChI=1S/C25H18N4O/c1-17-23(25-29-28-24(30-25)19-12-6-3-7-13-19)27-22(16-26-17)21-15-9-8-14-20(21)18-10-4-2-5-11-18/h2-16H,1H3. The molecular formula is C25H18N4O. The maximum atomic E-state index is 5.92. The molecule has 0 amide bonds. The van der Waals surface area contributed by atoms with E-state index in [0.29, 0.717) is 17.5 Å². The van der Waals surface area contributed by atoms with E-state index in [4.69, 9.17) is 9.40 Å². The minimum Gasteiger partial charge on any atom is -0.415 e. The number of aromatic nitrogens is 4. The lowest BCUT2D eigenvalue weighted by molar-refractivity contribution is 0.581. The van der Waals surface area contributed by atoms with Crippen LogP contribution < -0.4 is 0 Å². The second kappa shape index (κ2) is 7.72. The topological polar surface area (TPSA) is 64.7 Å². The highest BCUT2D eigenvalue weighted by Crippen LogP contribution is 2.32. The van der Waals surface area contributed by atoms with E-state index in [-0.39, 0.29) is 0 Å². The molecule has 5 rings (SSSR count). The molecule has 5 aromatic rings. The Morgan fingerprint density at radius 1 is 0.633 bits per heavy atom. The highest BCUT2D eigenvalue weighted by molar-refractivity contribution is 5.82. The molecule has 144 valence electrons. The van der Waals surface area contributed by atoms with E-state index in [0.717, 1.165) is 33.6 Å². The Kier molecular flexibility index (Phi) is 4.62. The van der Waals surface area contributed by atoms with Crippen LogP contribution in [0, 0.1) is 6.92 Å². The van der Waals surface area contributed by atoms with E-state index < -0.39 is 0 Å². The smallest absolute Gasteiger partial charge is 0.268 e. The maximum absolute atomic E-state index is 5.92. The Balaban J connectivity index is 1.59. The summed E-state index contributed by atoms with van der Waals surface area (Å²) < 4.78 is 5.92. The lowest BCUT2D eigenvalue weighted by atomic mass is 9.98. The molecule has 0 bridgehead atoms. The van der Waals surface area contributed by atoms with Gasteiger partial charge >= 0.3 is 0 Å². The van der Waals surface area contributed by atoms with Gasteiger partial charge in [-0.2, -0.15) is 0 Å². The van der Waals surface area contributed by atoms with Crippen molar-refractivity contribution in [2.45, 2.75) is 6.92 Å². The van der Waals surface area contributed by atoms with Gasteiger partial charge in [-0.15, -0.1) is 10.2 Å². The highest BCUT2D eigenvalue weighted by atomic mass is 16.4. The number of rotatable bonds is 4. The van der Waals surface area contributed by atoms with Crippen molar-refractivity contribution in [3.8, 4) is 45.4 Å². The summed E-state index contributed by atoms with van der Waals surface area (Å²) in [7, 11) is 0. The number of nitrogens with zero attached hydrogens (tertiary/aromatic N) is 4. The van der Waals surface area contributed by atoms with Crippen LogP contribution in [0.15, 0.2) is 95.5 Å². The van der Waals surface area contributed by atoms with E-state index in [1.54, 1.807) is 6.20 Å². The maximum Gasteiger partial charge on any atom is 0.268 e. The van der Waals surface area contributed by atoms with Gasteiger partial charge in [-0.3, -0.25) is 4.98 Å². The van der Waals surface area contributed by atoms with Crippen LogP contribution in [0.2, 0.25) is 0 Å². The molecule has 2 aromatic heterocycles. The molecule has 5 nitrogen and oxygen atoms in total. The van der Waals surface area contributed by atoms with Gasteiger partial charge < -0.3 is 4.42 Å². The summed E-state index contributed by atoms with van der Waals surface area (Å²) in [6.07, 6.45) is 1.79. The lowest BCUT2D eigenvalue weighted by Crippen LogP contribution is -1.96. The molecule has 0 atom stereocenters. The molecule has 0 spiro atoms. The Hall–Kier alpha value is -4.12. The molecule has 2 heterocycles. The second-order valence-corrected chi connectivity index (χ2v) is 6.88. The fourth-order valence-electron chi connectivity index (χ4n) is 3.37. The van der Waals surface area contributed by atoms with Crippen molar-refractivity contribution in [2.24, 2.45) is 0 Å². The van der Waals surface area contributed by atoms with E-state index in [9.17, 15) is 0 Å². The predicted octanol–water partition coefficient (Wildman–Crippen LogP) is 5.84. The van der Waals surface area contributed by atoms with Crippen molar-refractivity contribution in [1.82, 2.24) is 20.2 Å². The van der Waals surface area contributed by atoms with Gasteiger partial charge in [0.1, 0.15) is 5.69 Å². The Morgan fingerprint density at radius 3 is 1.97 bits per heavy atom. The summed E-state index contributed by atoms with van der Waals surface area (Å²) in [5.74, 6) is 0.819. The molecule has 0 aliphatic carbocycles. The van der Waals surface area contributed by atoms with Gasteiger partial charge in [0, 0.05) is 11.1 Å². The number of hydrogen-bond acceptors (Lipinski definition) is 5. The molecular weight excluding hydrogens is 372 g/mol. The van der Waals surface area contributed by atoms with Gasteiger partial charge in [0.25, 0.3) is 5.89 Å². The monoisotopic (exact) mass is 390 g/mol. The number of hydrogen-bond donors (Lipinski definition) is 0. The van der Waals surface area contributed by atoms with Crippen LogP contribution in [0.25, 0.3) is 45.4 Å². The molecule has 0 fully saturated rings. The van der Waals surface area contributed by atoms with Gasteiger partial charge in [-0.25, -0.2) is 4.98 Å². The number of aryl methyl sites for hydroxylation is 1. The average Bonchev–Trinajstić information content (AvgIpc) is 3.31. The van der Waals surface area contributed by atoms with Gasteiger partial charge in [-0.05, 0) is 30.2 Å². The average molecular weight is 390 g/mol. The zero-order valence-corrected chi connectivity index (χ0v) is 16.4. The second-order valence-electron chi connectivity index (χ2n) is 6.88. The summed E-state index contributed by atoms with van der Waals surface area (Å²) in [6.45, 7) is 1.89. The fraction of sp³-hybridized carbons (Fsp3) is 0.0400. The highest BCUT2D eigenvalue weighted by Gasteiger charge is 2.17. The van der Waals surface area contributed by atoms with Crippen molar-refractivity contribution < 1.29 is 4.42 Å². The lowest BCUT2D eigenvalue weighted by Gasteiger charge is -2.10. The first-order chi connectivity index (χ1) is 14.8. The first-order valence-corrected chi connectivity index (χ1v) is 9.67. The molecule has 0 saturated heterocycles. The molecule has 0 N–H and O–H groups in total. The summed E-state index contributed by atoms with van der Waals surface area (Å²) in [6, 6.07) is 28.1. The Labute approximate surface area is 174 Å². The Morgan fingerprint density at radius 2 is 1.23 bits per heavy atom. The third kappa shape index (κ3) is 3.37. The summed E-state index contributed by atoms with van der Waals surface area (Å²) in [5.41, 5.74) is 6.17. The molecule has 0 aliphatic heterocycles. The molecule has 0 unspecified atom stereocenters. The molecule has 30 heavy (non-hydrogen) atoms. The minimum atomic E-state index is 0.359. The molecule has 3 aromatic carbocycles. The van der Waals surface area contributed by atoms with E-state index >= 15 is 0 Å². The van der Waals surface area contributed by atoms with Crippen LogP contribution in [0.3, 0.4) is 0 Å². The molecule has 0 radical (unpaired) electrons. The minimum absolute atomic E-state index is 0.359. The van der Waals surface area contributed by atoms with Gasteiger partial charge in [0.15, 0.2) is 0 Å². The van der Waals surface area contributed by atoms with Crippen LogP contribution in [-0.2, 0) is 0 Å². The molecule has 0 saturated carbocycles. The van der Waals surface area contributed by atoms with Crippen molar-refractivity contribution in [3.05, 3.63) is 96.8 Å². The first-order valence-electron chi connectivity index (χ1n) is 9.67. The van der Waals surface area contributed by atoms with Crippen molar-refractivity contribution in [3.63, 3.8) is 0 Å². The van der Waals surface area contributed by atoms with Gasteiger partial charge in [0.2, 0.25) is 5.89 Å². The summed E-state index contributed by atoms with van der Waals surface area (Å²) >= 11 is 0. The zero-order valence-electron chi connectivity index (χ0n) is 16.4. The van der Waals surface area contributed by atoms with E-state index in [2.05, 4.69) is 39.4 Å². The van der Waals surface area contributed by atoms with Crippen LogP contribution >= 0.6 is 0 Å². The van der Waals surface area contributed by atoms with Crippen molar-refractivity contribution in [1.29, 1.82) is 0 Å². The van der Waals surface area contributed by atoms with Crippen LogP contribution in [0.4, 0.5) is 0 Å². The first kappa shape index (κ1) is 17.9. The third-order valence-corrected chi connectivity index (χ3v) is 4.89. The number of benzene rings is 3. The SMILES string of the molecule is Cc1ncc(-c2ccccc2-c2ccccc2)nc1-c1nnc(-c2ccccc2)o1. The van der Waals surface area contributed by atoms with Crippen molar-refractivity contribution >= 4 is 0 Å². The van der Waals surface area contributed by atoms with Gasteiger partial charge in [0.05, 0.1) is 17.6 Å². The largest absolute Gasteiger partial charge is 0.415 e. The summed E-state index contributed by atoms with van der Waals surface area (Å²) in [4.78, 5) is 9.41. The van der Waals surface area contributed by atoms with E-state index in [1.165, 1.54) is 0 Å². The predicted molar refractivity (Wildman–Crippen MR) is 116 cm³/mol. The summed E-state index contributed by atoms with van der Waals surface area (Å²) in [5, 5.41) is 8.41. The normalized spacial score (nSPS) is 10.8. The van der Waals surface area contributed by atoms with Crippen molar-refractivity contribution in [2.75, 3.05) is 0 Å².